The maximum Gasteiger partial charge on any atom is 0.0497 e. The van der Waals surface area contributed by atoms with Gasteiger partial charge in [-0.1, -0.05) is 124 Å². The van der Waals surface area contributed by atoms with E-state index in [4.69, 9.17) is 0 Å². The quantitative estimate of drug-likeness (QED) is 0.270. The van der Waals surface area contributed by atoms with Crippen LogP contribution < -0.4 is 0 Å². The van der Waals surface area contributed by atoms with E-state index in [1.807, 2.05) is 18.2 Å². The van der Waals surface area contributed by atoms with E-state index in [1.165, 1.54) is 90.7 Å². The van der Waals surface area contributed by atoms with Crippen molar-refractivity contribution in [3.05, 3.63) is 83.9 Å². The zero-order valence-electron chi connectivity index (χ0n) is 18.8. The highest BCUT2D eigenvalue weighted by Gasteiger charge is 2.07. The first-order chi connectivity index (χ1) is 14.8. The van der Waals surface area contributed by atoms with Gasteiger partial charge in [-0.2, -0.15) is 0 Å². The smallest absolute Gasteiger partial charge is 0.0497 e. The standard InChI is InChI=1S/C22H29N.C7H8/c1-2-3-4-5-6-7-8-9-13-18-14-12-16-20-19-15-10-11-17-21(19)23-22(18)20;1-7-5-3-2-4-6-7/h10-12,14-17,23H,2-9,13H2,1H3;2-6H,1H3. The number of para-hydroxylation sites is 2. The van der Waals surface area contributed by atoms with Gasteiger partial charge in [0.25, 0.3) is 0 Å². The van der Waals surface area contributed by atoms with Crippen molar-refractivity contribution in [2.75, 3.05) is 0 Å². The molecule has 4 aromatic rings. The lowest BCUT2D eigenvalue weighted by Crippen LogP contribution is -1.88. The molecule has 1 N–H and O–H groups in total. The Balaban J connectivity index is 0.000000310. The molecule has 0 aliphatic heterocycles. The van der Waals surface area contributed by atoms with Gasteiger partial charge in [0.2, 0.25) is 0 Å². The highest BCUT2D eigenvalue weighted by atomic mass is 14.7. The van der Waals surface area contributed by atoms with Gasteiger partial charge in [-0.05, 0) is 31.4 Å². The predicted molar refractivity (Wildman–Crippen MR) is 133 cm³/mol. The second-order valence-electron chi connectivity index (χ2n) is 8.39. The second-order valence-corrected chi connectivity index (χ2v) is 8.39. The molecule has 1 nitrogen and oxygen atoms in total. The van der Waals surface area contributed by atoms with E-state index in [0.717, 1.165) is 0 Å². The first-order valence-corrected chi connectivity index (χ1v) is 11.8. The van der Waals surface area contributed by atoms with Crippen LogP contribution in [0, 0.1) is 6.92 Å². The fraction of sp³-hybridized carbons (Fsp3) is 0.379. The Morgan fingerprint density at radius 1 is 0.600 bits per heavy atom. The van der Waals surface area contributed by atoms with E-state index in [9.17, 15) is 0 Å². The molecule has 30 heavy (non-hydrogen) atoms. The Bertz CT molecular complexity index is 997. The van der Waals surface area contributed by atoms with Crippen LogP contribution in [0.1, 0.15) is 69.4 Å². The largest absolute Gasteiger partial charge is 0.354 e. The summed E-state index contributed by atoms with van der Waals surface area (Å²) in [5, 5.41) is 2.72. The number of unbranched alkanes of at least 4 members (excludes halogenated alkanes) is 7. The van der Waals surface area contributed by atoms with Crippen LogP contribution in [0.25, 0.3) is 21.8 Å². The number of nitrogens with one attached hydrogen (secondary N) is 1. The van der Waals surface area contributed by atoms with Crippen molar-refractivity contribution in [3.63, 3.8) is 0 Å². The number of hydrogen-bond donors (Lipinski definition) is 1. The maximum atomic E-state index is 3.62. The van der Waals surface area contributed by atoms with Crippen LogP contribution in [-0.4, -0.2) is 4.98 Å². The maximum absolute atomic E-state index is 3.62. The minimum Gasteiger partial charge on any atom is -0.354 e. The monoisotopic (exact) mass is 399 g/mol. The summed E-state index contributed by atoms with van der Waals surface area (Å²) in [6.07, 6.45) is 12.3. The number of hydrogen-bond acceptors (Lipinski definition) is 0. The van der Waals surface area contributed by atoms with Crippen LogP contribution >= 0.6 is 0 Å². The fourth-order valence-corrected chi connectivity index (χ4v) is 4.13. The Morgan fingerprint density at radius 3 is 1.93 bits per heavy atom. The molecule has 3 aromatic carbocycles. The number of rotatable bonds is 9. The number of fused-ring (bicyclic) bond motifs is 3. The Morgan fingerprint density at radius 2 is 1.23 bits per heavy atom. The molecule has 158 valence electrons. The number of aryl methyl sites for hydroxylation is 2. The van der Waals surface area contributed by atoms with Gasteiger partial charge in [-0.3, -0.25) is 0 Å². The third-order valence-electron chi connectivity index (χ3n) is 5.87. The van der Waals surface area contributed by atoms with Gasteiger partial charge in [0, 0.05) is 21.8 Å². The minimum absolute atomic E-state index is 1.19. The zero-order valence-corrected chi connectivity index (χ0v) is 18.8. The van der Waals surface area contributed by atoms with Gasteiger partial charge < -0.3 is 4.98 Å². The van der Waals surface area contributed by atoms with Crippen molar-refractivity contribution in [2.24, 2.45) is 0 Å². The SMILES string of the molecule is CCCCCCCCCCc1cccc2c1[nH]c1ccccc12.Cc1ccccc1. The van der Waals surface area contributed by atoms with E-state index >= 15 is 0 Å². The molecular weight excluding hydrogens is 362 g/mol. The number of benzene rings is 3. The average Bonchev–Trinajstić information content (AvgIpc) is 3.16. The summed E-state index contributed by atoms with van der Waals surface area (Å²) in [6, 6.07) is 25.6. The molecule has 0 unspecified atom stereocenters. The number of aromatic nitrogens is 1. The highest BCUT2D eigenvalue weighted by Crippen LogP contribution is 2.28. The molecule has 0 amide bonds. The molecule has 0 radical (unpaired) electrons. The van der Waals surface area contributed by atoms with Crippen molar-refractivity contribution in [1.82, 2.24) is 4.98 Å². The van der Waals surface area contributed by atoms with Gasteiger partial charge in [-0.25, -0.2) is 0 Å². The molecular formula is C29H37N. The van der Waals surface area contributed by atoms with Gasteiger partial charge in [0.15, 0.2) is 0 Å². The molecule has 4 rings (SSSR count). The summed E-state index contributed by atoms with van der Waals surface area (Å²) in [5.41, 5.74) is 5.40. The van der Waals surface area contributed by atoms with Crippen LogP contribution in [-0.2, 0) is 6.42 Å². The normalized spacial score (nSPS) is 10.9. The Hall–Kier alpha value is -2.54. The van der Waals surface area contributed by atoms with Crippen LogP contribution in [0.4, 0.5) is 0 Å². The topological polar surface area (TPSA) is 15.8 Å². The van der Waals surface area contributed by atoms with Crippen LogP contribution in [0.15, 0.2) is 72.8 Å². The lowest BCUT2D eigenvalue weighted by atomic mass is 10.0. The average molecular weight is 400 g/mol. The second kappa shape index (κ2) is 12.2. The molecule has 0 saturated heterocycles. The first-order valence-electron chi connectivity index (χ1n) is 11.8. The van der Waals surface area contributed by atoms with E-state index in [2.05, 4.69) is 73.4 Å². The molecule has 0 saturated carbocycles. The number of H-pyrrole nitrogens is 1. The Labute approximate surface area is 182 Å². The minimum atomic E-state index is 1.19. The van der Waals surface area contributed by atoms with Gasteiger partial charge in [0.05, 0.1) is 0 Å². The number of aromatic amines is 1. The predicted octanol–water partition coefficient (Wildman–Crippen LogP) is 9.00. The van der Waals surface area contributed by atoms with E-state index in [0.29, 0.717) is 0 Å². The lowest BCUT2D eigenvalue weighted by molar-refractivity contribution is 0.576. The van der Waals surface area contributed by atoms with Gasteiger partial charge >= 0.3 is 0 Å². The fourth-order valence-electron chi connectivity index (χ4n) is 4.13. The lowest BCUT2D eigenvalue weighted by Gasteiger charge is -2.04. The molecule has 0 spiro atoms. The molecule has 0 aliphatic carbocycles. The van der Waals surface area contributed by atoms with Crippen molar-refractivity contribution in [1.29, 1.82) is 0 Å². The van der Waals surface area contributed by atoms with Crippen molar-refractivity contribution >= 4 is 21.8 Å². The highest BCUT2D eigenvalue weighted by molar-refractivity contribution is 6.08. The third kappa shape index (κ3) is 6.49. The molecule has 0 aliphatic rings. The van der Waals surface area contributed by atoms with E-state index in [-0.39, 0.29) is 0 Å². The van der Waals surface area contributed by atoms with E-state index < -0.39 is 0 Å². The molecule has 0 bridgehead atoms. The third-order valence-corrected chi connectivity index (χ3v) is 5.87. The molecule has 1 heteroatoms. The van der Waals surface area contributed by atoms with E-state index in [1.54, 1.807) is 0 Å². The van der Waals surface area contributed by atoms with Gasteiger partial charge in [-0.15, -0.1) is 0 Å². The molecule has 0 atom stereocenters. The van der Waals surface area contributed by atoms with Crippen LogP contribution in [0.5, 0.6) is 0 Å². The summed E-state index contributed by atoms with van der Waals surface area (Å²) in [4.78, 5) is 3.62. The van der Waals surface area contributed by atoms with Crippen LogP contribution in [0.3, 0.4) is 0 Å². The Kier molecular flexibility index (Phi) is 9.03. The molecule has 1 aromatic heterocycles. The molecule has 0 fully saturated rings. The van der Waals surface area contributed by atoms with Crippen molar-refractivity contribution < 1.29 is 0 Å². The van der Waals surface area contributed by atoms with Crippen molar-refractivity contribution in [3.8, 4) is 0 Å². The van der Waals surface area contributed by atoms with Gasteiger partial charge in [0.1, 0.15) is 0 Å². The first kappa shape index (κ1) is 22.2. The summed E-state index contributed by atoms with van der Waals surface area (Å²) < 4.78 is 0. The van der Waals surface area contributed by atoms with Crippen LogP contribution in [0.2, 0.25) is 0 Å². The summed E-state index contributed by atoms with van der Waals surface area (Å²) in [6.45, 7) is 4.37. The molecule has 1 heterocycles. The zero-order chi connectivity index (χ0) is 21.0. The van der Waals surface area contributed by atoms with Crippen molar-refractivity contribution in [2.45, 2.75) is 71.6 Å². The summed E-state index contributed by atoms with van der Waals surface area (Å²) in [7, 11) is 0. The summed E-state index contributed by atoms with van der Waals surface area (Å²) >= 11 is 0. The summed E-state index contributed by atoms with van der Waals surface area (Å²) in [5.74, 6) is 0.